The monoisotopic (exact) mass is 259 g/mol. The first-order valence-electron chi connectivity index (χ1n) is 5.71. The van der Waals surface area contributed by atoms with E-state index >= 15 is 0 Å². The standard InChI is InChI=1S/C15H14ClNO/c1-10-7-8-12(9-13(10)16)15(18)17-14-6-4-3-5-11(14)2/h3-9H,1-2H3,(H,17,18). The van der Waals surface area contributed by atoms with E-state index in [1.165, 1.54) is 0 Å². The van der Waals surface area contributed by atoms with E-state index in [9.17, 15) is 4.79 Å². The summed E-state index contributed by atoms with van der Waals surface area (Å²) in [5.74, 6) is -0.147. The van der Waals surface area contributed by atoms with Crippen molar-refractivity contribution in [3.05, 3.63) is 64.2 Å². The van der Waals surface area contributed by atoms with Crippen molar-refractivity contribution in [2.75, 3.05) is 5.32 Å². The van der Waals surface area contributed by atoms with Gasteiger partial charge in [-0.05, 0) is 43.2 Å². The minimum atomic E-state index is -0.147. The summed E-state index contributed by atoms with van der Waals surface area (Å²) >= 11 is 6.01. The van der Waals surface area contributed by atoms with Crippen LogP contribution in [-0.4, -0.2) is 5.91 Å². The highest BCUT2D eigenvalue weighted by atomic mass is 35.5. The molecular formula is C15H14ClNO. The number of anilines is 1. The van der Waals surface area contributed by atoms with Crippen LogP contribution in [0.15, 0.2) is 42.5 Å². The summed E-state index contributed by atoms with van der Waals surface area (Å²) in [5, 5.41) is 3.48. The zero-order valence-corrected chi connectivity index (χ0v) is 11.1. The van der Waals surface area contributed by atoms with E-state index in [1.807, 2.05) is 44.2 Å². The summed E-state index contributed by atoms with van der Waals surface area (Å²) in [4.78, 5) is 12.1. The molecule has 0 fully saturated rings. The normalized spacial score (nSPS) is 10.2. The molecule has 0 saturated heterocycles. The first-order chi connectivity index (χ1) is 8.58. The Hall–Kier alpha value is -1.80. The zero-order valence-electron chi connectivity index (χ0n) is 10.3. The van der Waals surface area contributed by atoms with Crippen molar-refractivity contribution in [1.29, 1.82) is 0 Å². The van der Waals surface area contributed by atoms with Crippen LogP contribution in [0, 0.1) is 13.8 Å². The van der Waals surface area contributed by atoms with Crippen LogP contribution in [0.4, 0.5) is 5.69 Å². The Morgan fingerprint density at radius 3 is 2.44 bits per heavy atom. The van der Waals surface area contributed by atoms with Crippen LogP contribution in [0.5, 0.6) is 0 Å². The Kier molecular flexibility index (Phi) is 3.68. The number of benzene rings is 2. The second kappa shape index (κ2) is 5.23. The first kappa shape index (κ1) is 12.7. The molecule has 0 aromatic heterocycles. The van der Waals surface area contributed by atoms with Gasteiger partial charge >= 0.3 is 0 Å². The van der Waals surface area contributed by atoms with Gasteiger partial charge in [0.1, 0.15) is 0 Å². The van der Waals surface area contributed by atoms with Crippen LogP contribution in [0.3, 0.4) is 0 Å². The van der Waals surface area contributed by atoms with Crippen LogP contribution in [0.1, 0.15) is 21.5 Å². The lowest BCUT2D eigenvalue weighted by Crippen LogP contribution is -2.12. The molecule has 3 heteroatoms. The van der Waals surface area contributed by atoms with Gasteiger partial charge in [-0.25, -0.2) is 0 Å². The van der Waals surface area contributed by atoms with E-state index in [0.29, 0.717) is 10.6 Å². The Morgan fingerprint density at radius 2 is 1.78 bits per heavy atom. The van der Waals surface area contributed by atoms with Crippen molar-refractivity contribution in [2.45, 2.75) is 13.8 Å². The lowest BCUT2D eigenvalue weighted by atomic mass is 10.1. The van der Waals surface area contributed by atoms with E-state index < -0.39 is 0 Å². The average molecular weight is 260 g/mol. The van der Waals surface area contributed by atoms with Gasteiger partial charge in [-0.2, -0.15) is 0 Å². The minimum Gasteiger partial charge on any atom is -0.322 e. The highest BCUT2D eigenvalue weighted by Crippen LogP contribution is 2.19. The predicted molar refractivity (Wildman–Crippen MR) is 75.3 cm³/mol. The molecule has 0 radical (unpaired) electrons. The molecule has 0 atom stereocenters. The van der Waals surface area contributed by atoms with Crippen LogP contribution in [-0.2, 0) is 0 Å². The average Bonchev–Trinajstić information content (AvgIpc) is 2.35. The topological polar surface area (TPSA) is 29.1 Å². The van der Waals surface area contributed by atoms with Gasteiger partial charge in [-0.15, -0.1) is 0 Å². The Labute approximate surface area is 112 Å². The maximum atomic E-state index is 12.1. The van der Waals surface area contributed by atoms with Crippen molar-refractivity contribution < 1.29 is 4.79 Å². The van der Waals surface area contributed by atoms with Gasteiger partial charge < -0.3 is 5.32 Å². The van der Waals surface area contributed by atoms with Crippen LogP contribution in [0.2, 0.25) is 5.02 Å². The number of para-hydroxylation sites is 1. The summed E-state index contributed by atoms with van der Waals surface area (Å²) in [5.41, 5.74) is 3.38. The molecule has 0 unspecified atom stereocenters. The minimum absolute atomic E-state index is 0.147. The number of amides is 1. The van der Waals surface area contributed by atoms with Gasteiger partial charge in [0.25, 0.3) is 5.91 Å². The molecule has 0 saturated carbocycles. The first-order valence-corrected chi connectivity index (χ1v) is 6.09. The fourth-order valence-electron chi connectivity index (χ4n) is 1.64. The molecule has 2 aromatic rings. The van der Waals surface area contributed by atoms with Crippen molar-refractivity contribution in [3.63, 3.8) is 0 Å². The molecule has 1 N–H and O–H groups in total. The molecule has 92 valence electrons. The third kappa shape index (κ3) is 2.71. The smallest absolute Gasteiger partial charge is 0.255 e. The number of hydrogen-bond acceptors (Lipinski definition) is 1. The Morgan fingerprint density at radius 1 is 1.06 bits per heavy atom. The molecule has 0 aliphatic carbocycles. The lowest BCUT2D eigenvalue weighted by Gasteiger charge is -2.08. The maximum absolute atomic E-state index is 12.1. The summed E-state index contributed by atoms with van der Waals surface area (Å²) in [6.45, 7) is 3.86. The Balaban J connectivity index is 2.22. The number of aryl methyl sites for hydroxylation is 2. The molecule has 2 rings (SSSR count). The number of carbonyl (C=O) groups is 1. The molecule has 18 heavy (non-hydrogen) atoms. The van der Waals surface area contributed by atoms with Crippen LogP contribution < -0.4 is 5.32 Å². The molecule has 0 aliphatic rings. The van der Waals surface area contributed by atoms with Crippen LogP contribution in [0.25, 0.3) is 0 Å². The number of hydrogen-bond donors (Lipinski definition) is 1. The molecular weight excluding hydrogens is 246 g/mol. The fourth-order valence-corrected chi connectivity index (χ4v) is 1.82. The van der Waals surface area contributed by atoms with E-state index in [1.54, 1.807) is 12.1 Å². The van der Waals surface area contributed by atoms with Crippen molar-refractivity contribution >= 4 is 23.2 Å². The lowest BCUT2D eigenvalue weighted by molar-refractivity contribution is 0.102. The van der Waals surface area contributed by atoms with Gasteiger partial charge in [-0.3, -0.25) is 4.79 Å². The van der Waals surface area contributed by atoms with Gasteiger partial charge in [0, 0.05) is 16.3 Å². The van der Waals surface area contributed by atoms with Gasteiger partial charge in [0.15, 0.2) is 0 Å². The molecule has 0 aliphatic heterocycles. The van der Waals surface area contributed by atoms with Gasteiger partial charge in [-0.1, -0.05) is 35.9 Å². The van der Waals surface area contributed by atoms with E-state index in [-0.39, 0.29) is 5.91 Å². The van der Waals surface area contributed by atoms with Gasteiger partial charge in [0.2, 0.25) is 0 Å². The second-order valence-corrected chi connectivity index (χ2v) is 4.64. The fraction of sp³-hybridized carbons (Fsp3) is 0.133. The van der Waals surface area contributed by atoms with Gasteiger partial charge in [0.05, 0.1) is 0 Å². The number of rotatable bonds is 2. The molecule has 0 heterocycles. The zero-order chi connectivity index (χ0) is 13.1. The van der Waals surface area contributed by atoms with Crippen molar-refractivity contribution in [2.24, 2.45) is 0 Å². The highest BCUT2D eigenvalue weighted by molar-refractivity contribution is 6.31. The summed E-state index contributed by atoms with van der Waals surface area (Å²) in [7, 11) is 0. The third-order valence-corrected chi connectivity index (χ3v) is 3.23. The second-order valence-electron chi connectivity index (χ2n) is 4.23. The SMILES string of the molecule is Cc1ccc(C(=O)Nc2ccccc2C)cc1Cl. The summed E-state index contributed by atoms with van der Waals surface area (Å²) in [6.07, 6.45) is 0. The van der Waals surface area contributed by atoms with Crippen molar-refractivity contribution in [1.82, 2.24) is 0 Å². The van der Waals surface area contributed by atoms with E-state index in [0.717, 1.165) is 16.8 Å². The molecule has 2 nitrogen and oxygen atoms in total. The summed E-state index contributed by atoms with van der Waals surface area (Å²) < 4.78 is 0. The van der Waals surface area contributed by atoms with E-state index in [2.05, 4.69) is 5.32 Å². The maximum Gasteiger partial charge on any atom is 0.255 e. The number of nitrogens with one attached hydrogen (secondary N) is 1. The van der Waals surface area contributed by atoms with Crippen molar-refractivity contribution in [3.8, 4) is 0 Å². The molecule has 2 aromatic carbocycles. The van der Waals surface area contributed by atoms with E-state index in [4.69, 9.17) is 11.6 Å². The highest BCUT2D eigenvalue weighted by Gasteiger charge is 2.08. The predicted octanol–water partition coefficient (Wildman–Crippen LogP) is 4.21. The third-order valence-electron chi connectivity index (χ3n) is 2.83. The molecule has 0 spiro atoms. The summed E-state index contributed by atoms with van der Waals surface area (Å²) in [6, 6.07) is 13.0. The number of halogens is 1. The quantitative estimate of drug-likeness (QED) is 0.860. The molecule has 0 bridgehead atoms. The Bertz CT molecular complexity index is 593. The van der Waals surface area contributed by atoms with Crippen LogP contribution >= 0.6 is 11.6 Å². The largest absolute Gasteiger partial charge is 0.322 e. The number of carbonyl (C=O) groups excluding carboxylic acids is 1. The molecule has 1 amide bonds.